The van der Waals surface area contributed by atoms with E-state index in [-0.39, 0.29) is 0 Å². The van der Waals surface area contributed by atoms with Crippen LogP contribution in [-0.2, 0) is 6.42 Å². The Morgan fingerprint density at radius 2 is 1.90 bits per heavy atom. The van der Waals surface area contributed by atoms with Crippen LogP contribution < -0.4 is 0 Å². The van der Waals surface area contributed by atoms with Crippen molar-refractivity contribution in [2.45, 2.75) is 20.3 Å². The number of hydrogen-bond donors (Lipinski definition) is 0. The number of nitrogens with zero attached hydrogens (tertiary/aromatic N) is 2. The van der Waals surface area contributed by atoms with E-state index in [1.165, 1.54) is 26.9 Å². The SMILES string of the molecule is CCc1ccc(-c2cn3c(n2)sc2cc(C)ccc23)cc1. The molecule has 0 saturated heterocycles. The smallest absolute Gasteiger partial charge is 0.195 e. The molecule has 0 amide bonds. The highest BCUT2D eigenvalue weighted by molar-refractivity contribution is 7.23. The average Bonchev–Trinajstić information content (AvgIpc) is 3.04. The first kappa shape index (κ1) is 12.6. The Morgan fingerprint density at radius 3 is 2.67 bits per heavy atom. The molecule has 4 rings (SSSR count). The van der Waals surface area contributed by atoms with Crippen molar-refractivity contribution in [3.05, 3.63) is 59.8 Å². The van der Waals surface area contributed by atoms with Crippen molar-refractivity contribution in [2.75, 3.05) is 0 Å². The van der Waals surface area contributed by atoms with Gasteiger partial charge in [-0.3, -0.25) is 4.40 Å². The first-order valence-corrected chi connectivity index (χ1v) is 8.04. The van der Waals surface area contributed by atoms with Crippen LogP contribution >= 0.6 is 11.3 Å². The third-order valence-electron chi connectivity index (χ3n) is 3.91. The molecule has 3 heteroatoms. The molecule has 0 saturated carbocycles. The van der Waals surface area contributed by atoms with Gasteiger partial charge in [0.2, 0.25) is 0 Å². The van der Waals surface area contributed by atoms with Gasteiger partial charge in [0.15, 0.2) is 4.96 Å². The molecule has 0 aliphatic rings. The molecule has 0 aliphatic heterocycles. The van der Waals surface area contributed by atoms with E-state index >= 15 is 0 Å². The Morgan fingerprint density at radius 1 is 1.10 bits per heavy atom. The number of aryl methyl sites for hydroxylation is 2. The number of aromatic nitrogens is 2. The number of imidazole rings is 1. The van der Waals surface area contributed by atoms with Gasteiger partial charge in [-0.2, -0.15) is 0 Å². The maximum atomic E-state index is 4.79. The molecule has 0 N–H and O–H groups in total. The largest absolute Gasteiger partial charge is 0.290 e. The zero-order chi connectivity index (χ0) is 14.4. The minimum atomic E-state index is 1.05. The minimum absolute atomic E-state index is 1.05. The molecule has 2 aromatic carbocycles. The van der Waals surface area contributed by atoms with E-state index in [2.05, 4.69) is 66.9 Å². The van der Waals surface area contributed by atoms with Crippen LogP contribution in [0, 0.1) is 6.92 Å². The molecule has 0 aliphatic carbocycles. The summed E-state index contributed by atoms with van der Waals surface area (Å²) >= 11 is 1.75. The average molecular weight is 292 g/mol. The number of thiazole rings is 1. The molecule has 4 aromatic rings. The van der Waals surface area contributed by atoms with E-state index in [4.69, 9.17) is 4.98 Å². The molecule has 0 bridgehead atoms. The fourth-order valence-electron chi connectivity index (χ4n) is 2.66. The molecular weight excluding hydrogens is 276 g/mol. The van der Waals surface area contributed by atoms with Crippen molar-refractivity contribution in [1.82, 2.24) is 9.38 Å². The summed E-state index contributed by atoms with van der Waals surface area (Å²) < 4.78 is 3.49. The highest BCUT2D eigenvalue weighted by Crippen LogP contribution is 2.30. The summed E-state index contributed by atoms with van der Waals surface area (Å²) in [5.41, 5.74) is 6.13. The van der Waals surface area contributed by atoms with Crippen LogP contribution in [0.15, 0.2) is 48.7 Å². The van der Waals surface area contributed by atoms with Crippen LogP contribution in [-0.4, -0.2) is 9.38 Å². The lowest BCUT2D eigenvalue weighted by molar-refractivity contribution is 1.14. The third kappa shape index (κ3) is 2.05. The first-order chi connectivity index (χ1) is 10.2. The second kappa shape index (κ2) is 4.71. The van der Waals surface area contributed by atoms with Gasteiger partial charge in [0.1, 0.15) is 0 Å². The van der Waals surface area contributed by atoms with Gasteiger partial charge in [0.05, 0.1) is 15.9 Å². The third-order valence-corrected chi connectivity index (χ3v) is 4.93. The second-order valence-electron chi connectivity index (χ2n) is 5.40. The Kier molecular flexibility index (Phi) is 2.82. The van der Waals surface area contributed by atoms with E-state index < -0.39 is 0 Å². The summed E-state index contributed by atoms with van der Waals surface area (Å²) in [5.74, 6) is 0. The van der Waals surface area contributed by atoms with Crippen molar-refractivity contribution >= 4 is 26.5 Å². The number of fused-ring (bicyclic) bond motifs is 3. The predicted octanol–water partition coefficient (Wildman–Crippen LogP) is 5.09. The lowest BCUT2D eigenvalue weighted by Crippen LogP contribution is -1.81. The molecule has 0 spiro atoms. The standard InChI is InChI=1S/C18H16N2S/c1-3-13-5-7-14(8-6-13)15-11-20-16-9-4-12(2)10-17(16)21-18(20)19-15/h4-11H,3H2,1-2H3. The molecule has 2 nitrogen and oxygen atoms in total. The normalized spacial score (nSPS) is 11.5. The fraction of sp³-hybridized carbons (Fsp3) is 0.167. The van der Waals surface area contributed by atoms with Gasteiger partial charge in [0, 0.05) is 11.8 Å². The molecular formula is C18H16N2S. The van der Waals surface area contributed by atoms with Gasteiger partial charge in [-0.1, -0.05) is 48.6 Å². The molecule has 2 heterocycles. The molecule has 0 unspecified atom stereocenters. The van der Waals surface area contributed by atoms with Crippen LogP contribution in [0.2, 0.25) is 0 Å². The summed E-state index contributed by atoms with van der Waals surface area (Å²) in [7, 11) is 0. The molecule has 0 radical (unpaired) electrons. The Labute approximate surface area is 127 Å². The second-order valence-corrected chi connectivity index (χ2v) is 6.41. The van der Waals surface area contributed by atoms with E-state index in [9.17, 15) is 0 Å². The van der Waals surface area contributed by atoms with E-state index in [1.807, 2.05) is 0 Å². The summed E-state index contributed by atoms with van der Waals surface area (Å²) in [6, 6.07) is 15.3. The van der Waals surface area contributed by atoms with Gasteiger partial charge in [-0.15, -0.1) is 0 Å². The maximum Gasteiger partial charge on any atom is 0.195 e. The van der Waals surface area contributed by atoms with Crippen molar-refractivity contribution < 1.29 is 0 Å². The van der Waals surface area contributed by atoms with E-state index in [0.29, 0.717) is 0 Å². The minimum Gasteiger partial charge on any atom is -0.290 e. The maximum absolute atomic E-state index is 4.79. The van der Waals surface area contributed by atoms with Crippen LogP contribution in [0.3, 0.4) is 0 Å². The van der Waals surface area contributed by atoms with Crippen molar-refractivity contribution in [1.29, 1.82) is 0 Å². The van der Waals surface area contributed by atoms with Gasteiger partial charge >= 0.3 is 0 Å². The monoisotopic (exact) mass is 292 g/mol. The Bertz CT molecular complexity index is 929. The zero-order valence-corrected chi connectivity index (χ0v) is 12.9. The van der Waals surface area contributed by atoms with Crippen LogP contribution in [0.5, 0.6) is 0 Å². The van der Waals surface area contributed by atoms with E-state index in [0.717, 1.165) is 17.1 Å². The summed E-state index contributed by atoms with van der Waals surface area (Å²) in [5, 5.41) is 0. The predicted molar refractivity (Wildman–Crippen MR) is 90.1 cm³/mol. The topological polar surface area (TPSA) is 17.3 Å². The lowest BCUT2D eigenvalue weighted by atomic mass is 10.1. The summed E-state index contributed by atoms with van der Waals surface area (Å²) in [6.07, 6.45) is 3.22. The van der Waals surface area contributed by atoms with Crippen molar-refractivity contribution in [2.24, 2.45) is 0 Å². The van der Waals surface area contributed by atoms with Gasteiger partial charge in [-0.05, 0) is 36.6 Å². The first-order valence-electron chi connectivity index (χ1n) is 7.22. The lowest BCUT2D eigenvalue weighted by Gasteiger charge is -1.99. The van der Waals surface area contributed by atoms with E-state index in [1.54, 1.807) is 11.3 Å². The zero-order valence-electron chi connectivity index (χ0n) is 12.1. The highest BCUT2D eigenvalue weighted by atomic mass is 32.1. The van der Waals surface area contributed by atoms with Gasteiger partial charge in [-0.25, -0.2) is 4.98 Å². The Balaban J connectivity index is 1.86. The quantitative estimate of drug-likeness (QED) is 0.503. The van der Waals surface area contributed by atoms with Gasteiger partial charge < -0.3 is 0 Å². The fourth-order valence-corrected chi connectivity index (χ4v) is 3.76. The van der Waals surface area contributed by atoms with Crippen LogP contribution in [0.25, 0.3) is 26.4 Å². The molecule has 0 fully saturated rings. The van der Waals surface area contributed by atoms with Gasteiger partial charge in [0.25, 0.3) is 0 Å². The van der Waals surface area contributed by atoms with Crippen LogP contribution in [0.4, 0.5) is 0 Å². The Hall–Kier alpha value is -2.13. The van der Waals surface area contributed by atoms with Crippen molar-refractivity contribution in [3.8, 4) is 11.3 Å². The van der Waals surface area contributed by atoms with Crippen molar-refractivity contribution in [3.63, 3.8) is 0 Å². The molecule has 104 valence electrons. The summed E-state index contributed by atoms with van der Waals surface area (Å²) in [4.78, 5) is 5.85. The van der Waals surface area contributed by atoms with Crippen LogP contribution in [0.1, 0.15) is 18.1 Å². The number of benzene rings is 2. The summed E-state index contributed by atoms with van der Waals surface area (Å²) in [6.45, 7) is 4.30. The number of rotatable bonds is 2. The highest BCUT2D eigenvalue weighted by Gasteiger charge is 2.10. The molecule has 2 aromatic heterocycles. The molecule has 21 heavy (non-hydrogen) atoms. The number of hydrogen-bond acceptors (Lipinski definition) is 2. The molecule has 0 atom stereocenters.